The maximum Gasteiger partial charge on any atom is 0.337 e. The van der Waals surface area contributed by atoms with Crippen LogP contribution in [0.1, 0.15) is 40.2 Å². The number of nitrogens with one attached hydrogen (secondary N) is 1. The number of likely N-dealkylation sites (tertiary alicyclic amines) is 1. The van der Waals surface area contributed by atoms with E-state index in [0.717, 1.165) is 32.1 Å². The molecule has 3 atom stereocenters. The zero-order chi connectivity index (χ0) is 18.6. The summed E-state index contributed by atoms with van der Waals surface area (Å²) in [6, 6.07) is 19.3. The Kier molecular flexibility index (Phi) is 5.55. The number of ether oxygens (including phenoxy) is 1. The van der Waals surface area contributed by atoms with Crippen molar-refractivity contribution in [2.24, 2.45) is 5.92 Å². The average molecular weight is 364 g/mol. The van der Waals surface area contributed by atoms with E-state index in [9.17, 15) is 4.79 Å². The van der Waals surface area contributed by atoms with Gasteiger partial charge in [0.05, 0.1) is 12.7 Å². The van der Waals surface area contributed by atoms with E-state index in [2.05, 4.69) is 40.5 Å². The summed E-state index contributed by atoms with van der Waals surface area (Å²) in [4.78, 5) is 14.0. The van der Waals surface area contributed by atoms with Crippen LogP contribution in [0.15, 0.2) is 54.6 Å². The topological polar surface area (TPSA) is 41.6 Å². The van der Waals surface area contributed by atoms with Crippen molar-refractivity contribution in [3.8, 4) is 0 Å². The molecule has 4 rings (SSSR count). The van der Waals surface area contributed by atoms with E-state index in [-0.39, 0.29) is 5.97 Å². The molecule has 1 aliphatic carbocycles. The Balaban J connectivity index is 1.20. The van der Waals surface area contributed by atoms with Gasteiger partial charge in [-0.25, -0.2) is 4.79 Å². The molecule has 2 unspecified atom stereocenters. The van der Waals surface area contributed by atoms with Crippen molar-refractivity contribution in [1.29, 1.82) is 0 Å². The molecule has 1 aliphatic heterocycles. The van der Waals surface area contributed by atoms with Crippen molar-refractivity contribution in [3.05, 3.63) is 71.3 Å². The summed E-state index contributed by atoms with van der Waals surface area (Å²) in [7, 11) is 1.42. The van der Waals surface area contributed by atoms with Gasteiger partial charge in [0.15, 0.2) is 0 Å². The number of carbonyl (C=O) groups is 1. The van der Waals surface area contributed by atoms with Crippen LogP contribution in [0.25, 0.3) is 0 Å². The van der Waals surface area contributed by atoms with E-state index in [4.69, 9.17) is 4.74 Å². The first-order valence-corrected chi connectivity index (χ1v) is 9.91. The molecule has 2 aromatic rings. The summed E-state index contributed by atoms with van der Waals surface area (Å²) in [5.74, 6) is 1.16. The van der Waals surface area contributed by atoms with Gasteiger partial charge in [0.25, 0.3) is 0 Å². The average Bonchev–Trinajstić information content (AvgIpc) is 3.37. The lowest BCUT2D eigenvalue weighted by molar-refractivity contribution is 0.0600. The third kappa shape index (κ3) is 4.57. The van der Waals surface area contributed by atoms with Crippen LogP contribution in [0.3, 0.4) is 0 Å². The highest BCUT2D eigenvalue weighted by molar-refractivity contribution is 5.89. The third-order valence-electron chi connectivity index (χ3n) is 5.84. The van der Waals surface area contributed by atoms with Gasteiger partial charge in [0.2, 0.25) is 0 Å². The Morgan fingerprint density at radius 3 is 2.67 bits per heavy atom. The van der Waals surface area contributed by atoms with Crippen molar-refractivity contribution >= 4 is 5.97 Å². The van der Waals surface area contributed by atoms with E-state index < -0.39 is 0 Å². The summed E-state index contributed by atoms with van der Waals surface area (Å²) in [6.07, 6.45) is 2.53. The van der Waals surface area contributed by atoms with Crippen LogP contribution in [-0.2, 0) is 11.3 Å². The number of esters is 1. The van der Waals surface area contributed by atoms with Gasteiger partial charge in [0, 0.05) is 25.0 Å². The minimum Gasteiger partial charge on any atom is -0.465 e. The third-order valence-corrected chi connectivity index (χ3v) is 5.84. The number of rotatable bonds is 7. The zero-order valence-electron chi connectivity index (χ0n) is 15.9. The number of benzene rings is 2. The van der Waals surface area contributed by atoms with Crippen molar-refractivity contribution in [1.82, 2.24) is 10.2 Å². The summed E-state index contributed by atoms with van der Waals surface area (Å²) in [5.41, 5.74) is 3.34. The van der Waals surface area contributed by atoms with Crippen molar-refractivity contribution in [2.45, 2.75) is 31.3 Å². The van der Waals surface area contributed by atoms with E-state index in [1.807, 2.05) is 24.3 Å². The normalized spacial score (nSPS) is 24.7. The van der Waals surface area contributed by atoms with Crippen LogP contribution in [0.2, 0.25) is 0 Å². The number of hydrogen-bond donors (Lipinski definition) is 1. The van der Waals surface area contributed by atoms with E-state index in [1.54, 1.807) is 0 Å². The Labute approximate surface area is 161 Å². The summed E-state index contributed by atoms with van der Waals surface area (Å²) >= 11 is 0. The van der Waals surface area contributed by atoms with Crippen molar-refractivity contribution in [3.63, 3.8) is 0 Å². The Hall–Kier alpha value is -2.17. The number of methoxy groups -OCH3 is 1. The molecule has 2 aromatic carbocycles. The quantitative estimate of drug-likeness (QED) is 0.764. The van der Waals surface area contributed by atoms with Crippen LogP contribution in [0.5, 0.6) is 0 Å². The molecule has 1 heterocycles. The summed E-state index contributed by atoms with van der Waals surface area (Å²) < 4.78 is 4.75. The number of nitrogens with zero attached hydrogens (tertiary/aromatic N) is 1. The highest BCUT2D eigenvalue weighted by atomic mass is 16.5. The maximum absolute atomic E-state index is 11.5. The fraction of sp³-hybridized carbons (Fsp3) is 0.435. The molecule has 0 bridgehead atoms. The van der Waals surface area contributed by atoms with Crippen LogP contribution in [0, 0.1) is 5.92 Å². The minimum absolute atomic E-state index is 0.275. The van der Waals surface area contributed by atoms with Gasteiger partial charge >= 0.3 is 5.97 Å². The second-order valence-corrected chi connectivity index (χ2v) is 7.85. The SMILES string of the molecule is COC(=O)c1ccc(CN2CC[C@H](CNC3CC3c3ccccc3)C2)cc1. The van der Waals surface area contributed by atoms with Crippen LogP contribution < -0.4 is 5.32 Å². The van der Waals surface area contributed by atoms with Gasteiger partial charge in [-0.2, -0.15) is 0 Å². The molecule has 2 aliphatic rings. The molecule has 2 fully saturated rings. The molecule has 27 heavy (non-hydrogen) atoms. The Bertz CT molecular complexity index is 760. The second-order valence-electron chi connectivity index (χ2n) is 7.85. The van der Waals surface area contributed by atoms with Gasteiger partial charge in [-0.05, 0) is 55.1 Å². The molecule has 0 amide bonds. The van der Waals surface area contributed by atoms with Crippen LogP contribution in [0.4, 0.5) is 0 Å². The standard InChI is InChI=1S/C23H28N2O2/c1-27-23(26)20-9-7-17(8-10-20)15-25-12-11-18(16-25)14-24-22-13-21(22)19-5-3-2-4-6-19/h2-10,18,21-22,24H,11-16H2,1H3/t18-,21?,22?/m1/s1. The highest BCUT2D eigenvalue weighted by Gasteiger charge is 2.38. The number of hydrogen-bond acceptors (Lipinski definition) is 4. The van der Waals surface area contributed by atoms with Crippen LogP contribution in [-0.4, -0.2) is 43.7 Å². The molecule has 4 nitrogen and oxygen atoms in total. The summed E-state index contributed by atoms with van der Waals surface area (Å²) in [6.45, 7) is 4.37. The molecular weight excluding hydrogens is 336 g/mol. The molecule has 1 N–H and O–H groups in total. The number of carbonyl (C=O) groups excluding carboxylic acids is 1. The van der Waals surface area contributed by atoms with Crippen LogP contribution >= 0.6 is 0 Å². The van der Waals surface area contributed by atoms with Gasteiger partial charge < -0.3 is 10.1 Å². The van der Waals surface area contributed by atoms with Crippen molar-refractivity contribution < 1.29 is 9.53 Å². The maximum atomic E-state index is 11.5. The molecule has 4 heteroatoms. The van der Waals surface area contributed by atoms with Gasteiger partial charge in [-0.3, -0.25) is 4.90 Å². The fourth-order valence-electron chi connectivity index (χ4n) is 4.15. The monoisotopic (exact) mass is 364 g/mol. The first kappa shape index (κ1) is 18.2. The Morgan fingerprint density at radius 1 is 1.15 bits per heavy atom. The molecule has 0 radical (unpaired) electrons. The smallest absolute Gasteiger partial charge is 0.337 e. The zero-order valence-corrected chi connectivity index (χ0v) is 15.9. The van der Waals surface area contributed by atoms with E-state index >= 15 is 0 Å². The predicted octanol–water partition coefficient (Wildman–Crippen LogP) is 3.44. The van der Waals surface area contributed by atoms with Gasteiger partial charge in [-0.15, -0.1) is 0 Å². The van der Waals surface area contributed by atoms with Crippen molar-refractivity contribution in [2.75, 3.05) is 26.7 Å². The Morgan fingerprint density at radius 2 is 1.93 bits per heavy atom. The predicted molar refractivity (Wildman–Crippen MR) is 107 cm³/mol. The molecule has 1 saturated heterocycles. The second kappa shape index (κ2) is 8.24. The lowest BCUT2D eigenvalue weighted by Gasteiger charge is -2.16. The highest BCUT2D eigenvalue weighted by Crippen LogP contribution is 2.40. The molecule has 0 spiro atoms. The first-order valence-electron chi connectivity index (χ1n) is 9.91. The lowest BCUT2D eigenvalue weighted by atomic mass is 10.1. The van der Waals surface area contributed by atoms with Gasteiger partial charge in [-0.1, -0.05) is 42.5 Å². The molecule has 0 aromatic heterocycles. The molecule has 1 saturated carbocycles. The van der Waals surface area contributed by atoms with E-state index in [0.29, 0.717) is 17.5 Å². The largest absolute Gasteiger partial charge is 0.465 e. The fourth-order valence-corrected chi connectivity index (χ4v) is 4.15. The lowest BCUT2D eigenvalue weighted by Crippen LogP contribution is -2.28. The first-order chi connectivity index (χ1) is 13.2. The van der Waals surface area contributed by atoms with Gasteiger partial charge in [0.1, 0.15) is 0 Å². The minimum atomic E-state index is -0.275. The van der Waals surface area contributed by atoms with E-state index in [1.165, 1.54) is 31.1 Å². The molecule has 142 valence electrons. The summed E-state index contributed by atoms with van der Waals surface area (Å²) in [5, 5.41) is 3.78. The molecular formula is C23H28N2O2.